The van der Waals surface area contributed by atoms with Gasteiger partial charge in [0.25, 0.3) is 0 Å². The van der Waals surface area contributed by atoms with Crippen LogP contribution in [0.25, 0.3) is 0 Å². The first-order chi connectivity index (χ1) is 8.39. The van der Waals surface area contributed by atoms with E-state index in [1.807, 2.05) is 0 Å². The predicted molar refractivity (Wildman–Crippen MR) is 61.8 cm³/mol. The van der Waals surface area contributed by atoms with E-state index in [1.165, 1.54) is 13.0 Å². The maximum atomic E-state index is 12.4. The van der Waals surface area contributed by atoms with Crippen molar-refractivity contribution in [2.75, 3.05) is 13.1 Å². The molecule has 0 unspecified atom stereocenters. The molecule has 6 heteroatoms. The van der Waals surface area contributed by atoms with Gasteiger partial charge < -0.3 is 10.6 Å². The van der Waals surface area contributed by atoms with Gasteiger partial charge in [0, 0.05) is 26.6 Å². The Morgan fingerprint density at radius 1 is 1.28 bits per heavy atom. The Morgan fingerprint density at radius 2 is 2.00 bits per heavy atom. The van der Waals surface area contributed by atoms with E-state index >= 15 is 0 Å². The van der Waals surface area contributed by atoms with E-state index in [1.54, 1.807) is 6.07 Å². The minimum atomic E-state index is -4.31. The molecule has 1 amide bonds. The fourth-order valence-electron chi connectivity index (χ4n) is 1.42. The number of benzene rings is 1. The zero-order chi connectivity index (χ0) is 13.6. The SMILES string of the molecule is CC(=O)NCCNCc1cccc(C(F)(F)F)c1. The zero-order valence-corrected chi connectivity index (χ0v) is 9.97. The highest BCUT2D eigenvalue weighted by atomic mass is 19.4. The van der Waals surface area contributed by atoms with Crippen LogP contribution in [0.2, 0.25) is 0 Å². The molecule has 0 saturated heterocycles. The monoisotopic (exact) mass is 260 g/mol. The second-order valence-corrected chi connectivity index (χ2v) is 3.86. The Hall–Kier alpha value is -1.56. The number of carbonyl (C=O) groups excluding carboxylic acids is 1. The first-order valence-corrected chi connectivity index (χ1v) is 5.51. The van der Waals surface area contributed by atoms with Gasteiger partial charge in [-0.1, -0.05) is 18.2 Å². The third kappa shape index (κ3) is 5.18. The summed E-state index contributed by atoms with van der Waals surface area (Å²) in [7, 11) is 0. The van der Waals surface area contributed by atoms with E-state index in [2.05, 4.69) is 10.6 Å². The third-order valence-electron chi connectivity index (χ3n) is 2.26. The number of alkyl halides is 3. The van der Waals surface area contributed by atoms with Crippen LogP contribution in [0.5, 0.6) is 0 Å². The summed E-state index contributed by atoms with van der Waals surface area (Å²) in [5.41, 5.74) is -0.0867. The number of halogens is 3. The molecule has 0 fully saturated rings. The van der Waals surface area contributed by atoms with Crippen LogP contribution in [-0.4, -0.2) is 19.0 Å². The number of amides is 1. The Morgan fingerprint density at radius 3 is 2.61 bits per heavy atom. The smallest absolute Gasteiger partial charge is 0.355 e. The van der Waals surface area contributed by atoms with E-state index in [4.69, 9.17) is 0 Å². The van der Waals surface area contributed by atoms with Crippen molar-refractivity contribution in [3.8, 4) is 0 Å². The van der Waals surface area contributed by atoms with E-state index in [9.17, 15) is 18.0 Å². The summed E-state index contributed by atoms with van der Waals surface area (Å²) in [5, 5.41) is 5.54. The van der Waals surface area contributed by atoms with E-state index in [0.29, 0.717) is 25.2 Å². The first-order valence-electron chi connectivity index (χ1n) is 5.51. The highest BCUT2D eigenvalue weighted by Gasteiger charge is 2.30. The van der Waals surface area contributed by atoms with Crippen molar-refractivity contribution < 1.29 is 18.0 Å². The molecule has 0 aliphatic rings. The topological polar surface area (TPSA) is 41.1 Å². The second-order valence-electron chi connectivity index (χ2n) is 3.86. The van der Waals surface area contributed by atoms with Crippen LogP contribution < -0.4 is 10.6 Å². The third-order valence-corrected chi connectivity index (χ3v) is 2.26. The minimum absolute atomic E-state index is 0.129. The lowest BCUT2D eigenvalue weighted by molar-refractivity contribution is -0.137. The van der Waals surface area contributed by atoms with Crippen LogP contribution in [0.4, 0.5) is 13.2 Å². The maximum Gasteiger partial charge on any atom is 0.416 e. The van der Waals surface area contributed by atoms with Crippen molar-refractivity contribution in [2.24, 2.45) is 0 Å². The van der Waals surface area contributed by atoms with Crippen molar-refractivity contribution in [3.05, 3.63) is 35.4 Å². The molecule has 0 aliphatic carbocycles. The minimum Gasteiger partial charge on any atom is -0.355 e. The Balaban J connectivity index is 2.41. The quantitative estimate of drug-likeness (QED) is 0.794. The molecule has 0 heterocycles. The summed E-state index contributed by atoms with van der Waals surface area (Å²) in [5.74, 6) is -0.129. The molecule has 1 aromatic carbocycles. The normalized spacial score (nSPS) is 11.3. The summed E-state index contributed by atoms with van der Waals surface area (Å²) >= 11 is 0. The average molecular weight is 260 g/mol. The van der Waals surface area contributed by atoms with Crippen molar-refractivity contribution in [3.63, 3.8) is 0 Å². The Kier molecular flexibility index (Phi) is 5.15. The van der Waals surface area contributed by atoms with E-state index in [-0.39, 0.29) is 5.91 Å². The van der Waals surface area contributed by atoms with Gasteiger partial charge in [0.2, 0.25) is 5.91 Å². The molecule has 1 rings (SSSR count). The summed E-state index contributed by atoms with van der Waals surface area (Å²) in [4.78, 5) is 10.6. The van der Waals surface area contributed by atoms with Crippen LogP contribution in [0.15, 0.2) is 24.3 Å². The molecule has 18 heavy (non-hydrogen) atoms. The fourth-order valence-corrected chi connectivity index (χ4v) is 1.42. The lowest BCUT2D eigenvalue weighted by atomic mass is 10.1. The molecule has 0 bridgehead atoms. The Bertz CT molecular complexity index is 405. The van der Waals surface area contributed by atoms with Crippen LogP contribution in [0, 0.1) is 0 Å². The fraction of sp³-hybridized carbons (Fsp3) is 0.417. The molecule has 0 atom stereocenters. The van der Waals surface area contributed by atoms with Gasteiger partial charge in [-0.3, -0.25) is 4.79 Å². The molecule has 0 saturated carbocycles. The number of hydrogen-bond acceptors (Lipinski definition) is 2. The van der Waals surface area contributed by atoms with Crippen molar-refractivity contribution in [2.45, 2.75) is 19.6 Å². The van der Waals surface area contributed by atoms with Gasteiger partial charge in [-0.15, -0.1) is 0 Å². The van der Waals surface area contributed by atoms with Crippen molar-refractivity contribution in [1.82, 2.24) is 10.6 Å². The Labute approximate surface area is 103 Å². The van der Waals surface area contributed by atoms with Gasteiger partial charge in [-0.2, -0.15) is 13.2 Å². The van der Waals surface area contributed by atoms with E-state index < -0.39 is 11.7 Å². The average Bonchev–Trinajstić information content (AvgIpc) is 2.27. The number of nitrogens with one attached hydrogen (secondary N) is 2. The molecule has 0 radical (unpaired) electrons. The summed E-state index contributed by atoms with van der Waals surface area (Å²) in [6.45, 7) is 2.71. The molecule has 0 aromatic heterocycles. The molecule has 2 N–H and O–H groups in total. The number of carbonyl (C=O) groups is 1. The summed E-state index contributed by atoms with van der Waals surface area (Å²) < 4.78 is 37.3. The van der Waals surface area contributed by atoms with Gasteiger partial charge in [0.15, 0.2) is 0 Å². The zero-order valence-electron chi connectivity index (χ0n) is 9.97. The van der Waals surface area contributed by atoms with Gasteiger partial charge in [0.05, 0.1) is 5.56 Å². The molecule has 0 aliphatic heterocycles. The number of hydrogen-bond donors (Lipinski definition) is 2. The largest absolute Gasteiger partial charge is 0.416 e. The number of rotatable bonds is 5. The van der Waals surface area contributed by atoms with Crippen LogP contribution in [-0.2, 0) is 17.5 Å². The predicted octanol–water partition coefficient (Wildman–Crippen LogP) is 1.93. The molecule has 3 nitrogen and oxygen atoms in total. The van der Waals surface area contributed by atoms with Gasteiger partial charge in [-0.25, -0.2) is 0 Å². The standard InChI is InChI=1S/C12H15F3N2O/c1-9(18)17-6-5-16-8-10-3-2-4-11(7-10)12(13,14)15/h2-4,7,16H,5-6,8H2,1H3,(H,17,18). The molecular formula is C12H15F3N2O. The summed E-state index contributed by atoms with van der Waals surface area (Å²) in [6, 6.07) is 5.17. The molecule has 0 spiro atoms. The maximum absolute atomic E-state index is 12.4. The second kappa shape index (κ2) is 6.39. The van der Waals surface area contributed by atoms with Gasteiger partial charge in [-0.05, 0) is 11.6 Å². The van der Waals surface area contributed by atoms with Gasteiger partial charge >= 0.3 is 6.18 Å². The highest BCUT2D eigenvalue weighted by Crippen LogP contribution is 2.29. The summed E-state index contributed by atoms with van der Waals surface area (Å²) in [6.07, 6.45) is -4.31. The molecule has 100 valence electrons. The first kappa shape index (κ1) is 14.5. The molecular weight excluding hydrogens is 245 g/mol. The van der Waals surface area contributed by atoms with Crippen LogP contribution >= 0.6 is 0 Å². The van der Waals surface area contributed by atoms with Gasteiger partial charge in [0.1, 0.15) is 0 Å². The lowest BCUT2D eigenvalue weighted by Crippen LogP contribution is -2.29. The van der Waals surface area contributed by atoms with Crippen molar-refractivity contribution in [1.29, 1.82) is 0 Å². The van der Waals surface area contributed by atoms with E-state index in [0.717, 1.165) is 12.1 Å². The van der Waals surface area contributed by atoms with Crippen LogP contribution in [0.3, 0.4) is 0 Å². The van der Waals surface area contributed by atoms with Crippen LogP contribution in [0.1, 0.15) is 18.1 Å². The molecule has 1 aromatic rings. The lowest BCUT2D eigenvalue weighted by Gasteiger charge is -2.09. The highest BCUT2D eigenvalue weighted by molar-refractivity contribution is 5.72. The van der Waals surface area contributed by atoms with Crippen molar-refractivity contribution >= 4 is 5.91 Å².